The van der Waals surface area contributed by atoms with Gasteiger partial charge in [-0.05, 0) is 18.2 Å². The highest BCUT2D eigenvalue weighted by Crippen LogP contribution is 2.15. The third-order valence-corrected chi connectivity index (χ3v) is 2.56. The molecule has 0 saturated heterocycles. The molecule has 2 N–H and O–H groups in total. The van der Waals surface area contributed by atoms with Crippen molar-refractivity contribution in [3.63, 3.8) is 0 Å². The Kier molecular flexibility index (Phi) is 3.89. The van der Waals surface area contributed by atoms with E-state index in [0.29, 0.717) is 0 Å². The number of anilines is 1. The van der Waals surface area contributed by atoms with Crippen molar-refractivity contribution >= 4 is 23.3 Å². The van der Waals surface area contributed by atoms with E-state index in [1.54, 1.807) is 0 Å². The highest BCUT2D eigenvalue weighted by atomic mass is 16.6. The first kappa shape index (κ1) is 14.1. The summed E-state index contributed by atoms with van der Waals surface area (Å²) >= 11 is 0. The number of nitrogens with zero attached hydrogens (tertiary/aromatic N) is 2. The van der Waals surface area contributed by atoms with Crippen LogP contribution in [0.2, 0.25) is 0 Å². The van der Waals surface area contributed by atoms with Gasteiger partial charge in [0.2, 0.25) is 0 Å². The van der Waals surface area contributed by atoms with Crippen LogP contribution in [0.25, 0.3) is 0 Å². The Bertz CT molecular complexity index is 712. The number of rotatable bonds is 4. The summed E-state index contributed by atoms with van der Waals surface area (Å²) in [6, 6.07) is 7.88. The quantitative estimate of drug-likeness (QED) is 0.654. The second-order valence-electron chi connectivity index (χ2n) is 4.00. The molecule has 106 valence electrons. The number of nitrogens with one attached hydrogen (secondary N) is 1. The molecule has 0 saturated carbocycles. The maximum absolute atomic E-state index is 11.9. The molecular weight excluding hydrogens is 278 g/mol. The van der Waals surface area contributed by atoms with E-state index in [1.165, 1.54) is 36.5 Å². The second kappa shape index (κ2) is 5.78. The normalized spacial score (nSPS) is 9.90. The van der Waals surface area contributed by atoms with Crippen LogP contribution in [-0.2, 0) is 0 Å². The monoisotopic (exact) mass is 287 g/mol. The van der Waals surface area contributed by atoms with Crippen molar-refractivity contribution in [1.82, 2.24) is 4.98 Å². The smallest absolute Gasteiger partial charge is 0.354 e. The number of pyridine rings is 1. The number of carboxylic acid groups (broad SMARTS) is 1. The summed E-state index contributed by atoms with van der Waals surface area (Å²) in [5, 5.41) is 21.8. The zero-order valence-electron chi connectivity index (χ0n) is 10.5. The molecule has 0 aliphatic heterocycles. The molecule has 0 aliphatic carbocycles. The van der Waals surface area contributed by atoms with Gasteiger partial charge in [-0.2, -0.15) is 0 Å². The Morgan fingerprint density at radius 1 is 1.24 bits per heavy atom. The van der Waals surface area contributed by atoms with Gasteiger partial charge in [-0.15, -0.1) is 0 Å². The van der Waals surface area contributed by atoms with Gasteiger partial charge >= 0.3 is 5.97 Å². The fraction of sp³-hybridized carbons (Fsp3) is 0. The van der Waals surface area contributed by atoms with Crippen LogP contribution in [-0.4, -0.2) is 26.9 Å². The summed E-state index contributed by atoms with van der Waals surface area (Å²) in [6.45, 7) is 0. The molecule has 21 heavy (non-hydrogen) atoms. The first-order chi connectivity index (χ1) is 9.97. The predicted octanol–water partition coefficient (Wildman–Crippen LogP) is 1.94. The van der Waals surface area contributed by atoms with Crippen LogP contribution in [0.3, 0.4) is 0 Å². The summed E-state index contributed by atoms with van der Waals surface area (Å²) in [7, 11) is 0. The van der Waals surface area contributed by atoms with Gasteiger partial charge in [0.25, 0.3) is 11.6 Å². The maximum Gasteiger partial charge on any atom is 0.354 e. The predicted molar refractivity (Wildman–Crippen MR) is 72.2 cm³/mol. The standard InChI is InChI=1S/C13H9N3O5/c17-12(8-2-1-3-10(6-8)16(20)21)15-9-4-5-11(13(18)19)14-7-9/h1-7H,(H,15,17)(H,18,19). The van der Waals surface area contributed by atoms with Gasteiger partial charge in [0, 0.05) is 17.7 Å². The Morgan fingerprint density at radius 3 is 2.57 bits per heavy atom. The first-order valence-corrected chi connectivity index (χ1v) is 5.72. The number of hydrogen-bond acceptors (Lipinski definition) is 5. The number of carboxylic acids is 1. The minimum absolute atomic E-state index is 0.117. The van der Waals surface area contributed by atoms with E-state index < -0.39 is 16.8 Å². The van der Waals surface area contributed by atoms with Crippen LogP contribution in [0.1, 0.15) is 20.8 Å². The zero-order valence-corrected chi connectivity index (χ0v) is 10.5. The number of benzene rings is 1. The summed E-state index contributed by atoms with van der Waals surface area (Å²) < 4.78 is 0. The second-order valence-corrected chi connectivity index (χ2v) is 4.00. The summed E-state index contributed by atoms with van der Waals surface area (Å²) in [5.74, 6) is -1.73. The van der Waals surface area contributed by atoms with Crippen molar-refractivity contribution in [2.24, 2.45) is 0 Å². The van der Waals surface area contributed by atoms with Gasteiger partial charge in [-0.1, -0.05) is 6.07 Å². The minimum Gasteiger partial charge on any atom is -0.477 e. The minimum atomic E-state index is -1.17. The van der Waals surface area contributed by atoms with Crippen LogP contribution in [0, 0.1) is 10.1 Å². The first-order valence-electron chi connectivity index (χ1n) is 5.72. The van der Waals surface area contributed by atoms with Crippen molar-refractivity contribution in [3.8, 4) is 0 Å². The van der Waals surface area contributed by atoms with E-state index in [0.717, 1.165) is 6.07 Å². The van der Waals surface area contributed by atoms with Gasteiger partial charge in [-0.3, -0.25) is 14.9 Å². The third kappa shape index (κ3) is 3.38. The molecule has 8 nitrogen and oxygen atoms in total. The van der Waals surface area contributed by atoms with E-state index in [-0.39, 0.29) is 22.6 Å². The molecule has 2 rings (SSSR count). The average molecular weight is 287 g/mol. The van der Waals surface area contributed by atoms with Crippen LogP contribution in [0.4, 0.5) is 11.4 Å². The highest BCUT2D eigenvalue weighted by molar-refractivity contribution is 6.04. The molecule has 0 aliphatic rings. The Morgan fingerprint density at radius 2 is 2.00 bits per heavy atom. The molecule has 0 radical (unpaired) electrons. The van der Waals surface area contributed by atoms with Crippen LogP contribution in [0.15, 0.2) is 42.6 Å². The Hall–Kier alpha value is -3.29. The summed E-state index contributed by atoms with van der Waals surface area (Å²) in [5.41, 5.74) is 0.0633. The lowest BCUT2D eigenvalue weighted by Crippen LogP contribution is -2.12. The number of nitro benzene ring substituents is 1. The number of nitro groups is 1. The third-order valence-electron chi connectivity index (χ3n) is 2.56. The van der Waals surface area contributed by atoms with Crippen molar-refractivity contribution in [1.29, 1.82) is 0 Å². The van der Waals surface area contributed by atoms with E-state index >= 15 is 0 Å². The van der Waals surface area contributed by atoms with Crippen LogP contribution < -0.4 is 5.32 Å². The number of carbonyl (C=O) groups is 2. The molecular formula is C13H9N3O5. The van der Waals surface area contributed by atoms with Crippen LogP contribution in [0.5, 0.6) is 0 Å². The van der Waals surface area contributed by atoms with E-state index in [2.05, 4.69) is 10.3 Å². The maximum atomic E-state index is 11.9. The fourth-order valence-electron chi connectivity index (χ4n) is 1.56. The van der Waals surface area contributed by atoms with Crippen molar-refractivity contribution in [3.05, 3.63) is 64.0 Å². The van der Waals surface area contributed by atoms with Gasteiger partial charge in [-0.25, -0.2) is 9.78 Å². The zero-order chi connectivity index (χ0) is 15.4. The molecule has 1 amide bonds. The average Bonchev–Trinajstić information content (AvgIpc) is 2.48. The molecule has 1 heterocycles. The van der Waals surface area contributed by atoms with Gasteiger partial charge in [0.15, 0.2) is 0 Å². The fourth-order valence-corrected chi connectivity index (χ4v) is 1.56. The lowest BCUT2D eigenvalue weighted by atomic mass is 10.2. The van der Waals surface area contributed by atoms with Gasteiger partial charge in [0.05, 0.1) is 16.8 Å². The van der Waals surface area contributed by atoms with Gasteiger partial charge in [0.1, 0.15) is 5.69 Å². The SMILES string of the molecule is O=C(Nc1ccc(C(=O)O)nc1)c1cccc([N+](=O)[O-])c1. The topological polar surface area (TPSA) is 122 Å². The summed E-state index contributed by atoms with van der Waals surface area (Å²) in [4.78, 5) is 36.3. The molecule has 2 aromatic rings. The molecule has 1 aromatic carbocycles. The molecule has 0 fully saturated rings. The van der Waals surface area contributed by atoms with E-state index in [9.17, 15) is 19.7 Å². The molecule has 1 aromatic heterocycles. The summed E-state index contributed by atoms with van der Waals surface area (Å²) in [6.07, 6.45) is 1.19. The van der Waals surface area contributed by atoms with Crippen molar-refractivity contribution in [2.75, 3.05) is 5.32 Å². The number of aromatic nitrogens is 1. The van der Waals surface area contributed by atoms with E-state index in [1.807, 2.05) is 0 Å². The van der Waals surface area contributed by atoms with Gasteiger partial charge < -0.3 is 10.4 Å². The number of non-ortho nitro benzene ring substituents is 1. The lowest BCUT2D eigenvalue weighted by molar-refractivity contribution is -0.384. The number of hydrogen-bond donors (Lipinski definition) is 2. The highest BCUT2D eigenvalue weighted by Gasteiger charge is 2.12. The van der Waals surface area contributed by atoms with Crippen molar-refractivity contribution < 1.29 is 19.6 Å². The number of carbonyl (C=O) groups excluding carboxylic acids is 1. The molecule has 0 unspecified atom stereocenters. The Balaban J connectivity index is 2.16. The molecule has 8 heteroatoms. The molecule has 0 spiro atoms. The Labute approximate surface area is 118 Å². The number of aromatic carboxylic acids is 1. The largest absolute Gasteiger partial charge is 0.477 e. The van der Waals surface area contributed by atoms with Crippen LogP contribution >= 0.6 is 0 Å². The molecule has 0 atom stereocenters. The molecule has 0 bridgehead atoms. The van der Waals surface area contributed by atoms with Crippen molar-refractivity contribution in [2.45, 2.75) is 0 Å². The lowest BCUT2D eigenvalue weighted by Gasteiger charge is -2.05. The number of amides is 1. The van der Waals surface area contributed by atoms with E-state index in [4.69, 9.17) is 5.11 Å².